The van der Waals surface area contributed by atoms with Crippen molar-refractivity contribution in [3.05, 3.63) is 84.6 Å². The van der Waals surface area contributed by atoms with Crippen LogP contribution in [0.25, 0.3) is 27.7 Å². The lowest BCUT2D eigenvalue weighted by atomic mass is 9.99. The molecule has 5 nitrogen and oxygen atoms in total. The average Bonchev–Trinajstić information content (AvgIpc) is 3.22. The third kappa shape index (κ3) is 4.52. The number of carbonyl (C=O) groups excluding carboxylic acids is 1. The number of nitrogens with one attached hydrogen (secondary N) is 1. The van der Waals surface area contributed by atoms with Crippen molar-refractivity contribution >= 4 is 28.1 Å². The van der Waals surface area contributed by atoms with Gasteiger partial charge in [-0.1, -0.05) is 30.3 Å². The second-order valence-corrected chi connectivity index (χ2v) is 7.34. The summed E-state index contributed by atoms with van der Waals surface area (Å²) in [6, 6.07) is 21.1. The number of ether oxygens (including phenoxy) is 2. The van der Waals surface area contributed by atoms with E-state index in [0.29, 0.717) is 12.4 Å². The molecule has 0 unspecified atom stereocenters. The molecule has 1 heterocycles. The summed E-state index contributed by atoms with van der Waals surface area (Å²) in [5.41, 5.74) is 5.07. The molecule has 1 aromatic heterocycles. The topological polar surface area (TPSA) is 60.7 Å². The van der Waals surface area contributed by atoms with Gasteiger partial charge in [-0.2, -0.15) is 0 Å². The Morgan fingerprint density at radius 3 is 2.50 bits per heavy atom. The minimum absolute atomic E-state index is 0.199. The molecule has 32 heavy (non-hydrogen) atoms. The number of benzene rings is 3. The second-order valence-electron chi connectivity index (χ2n) is 7.34. The van der Waals surface area contributed by atoms with Crippen molar-refractivity contribution in [3.8, 4) is 22.6 Å². The maximum absolute atomic E-state index is 12.5. The standard InChI is InChI=1S/C27H25NO4/c1-4-31-21-12-10-19(11-13-21)24-17-32-26-16-25(30-3)22(15-23(24)26)18(2)14-27(29)28-20-8-6-5-7-9-20/h5-17H,4H2,1-3H3,(H,28,29)/b18-14+. The summed E-state index contributed by atoms with van der Waals surface area (Å²) in [5.74, 6) is 1.27. The van der Waals surface area contributed by atoms with Crippen LogP contribution in [0.1, 0.15) is 19.4 Å². The molecule has 1 N–H and O–H groups in total. The number of anilines is 1. The Morgan fingerprint density at radius 1 is 1.06 bits per heavy atom. The Balaban J connectivity index is 1.69. The monoisotopic (exact) mass is 427 g/mol. The molecular formula is C27H25NO4. The number of methoxy groups -OCH3 is 1. The number of hydrogen-bond acceptors (Lipinski definition) is 4. The van der Waals surface area contributed by atoms with Crippen molar-refractivity contribution in [2.24, 2.45) is 0 Å². The molecule has 0 atom stereocenters. The Morgan fingerprint density at radius 2 is 1.81 bits per heavy atom. The molecule has 0 bridgehead atoms. The van der Waals surface area contributed by atoms with Crippen molar-refractivity contribution in [3.63, 3.8) is 0 Å². The first-order valence-corrected chi connectivity index (χ1v) is 10.5. The van der Waals surface area contributed by atoms with Crippen LogP contribution in [0.15, 0.2) is 83.5 Å². The van der Waals surface area contributed by atoms with Gasteiger partial charge in [-0.05, 0) is 55.3 Å². The van der Waals surface area contributed by atoms with Crippen LogP contribution in [-0.2, 0) is 4.79 Å². The molecule has 0 aliphatic rings. The van der Waals surface area contributed by atoms with Gasteiger partial charge < -0.3 is 19.2 Å². The van der Waals surface area contributed by atoms with Crippen molar-refractivity contribution in [2.75, 3.05) is 19.0 Å². The zero-order valence-electron chi connectivity index (χ0n) is 18.3. The summed E-state index contributed by atoms with van der Waals surface area (Å²) in [4.78, 5) is 12.5. The summed E-state index contributed by atoms with van der Waals surface area (Å²) < 4.78 is 16.9. The first-order valence-electron chi connectivity index (χ1n) is 10.5. The van der Waals surface area contributed by atoms with Gasteiger partial charge in [-0.3, -0.25) is 4.79 Å². The summed E-state index contributed by atoms with van der Waals surface area (Å²) >= 11 is 0. The molecule has 0 radical (unpaired) electrons. The predicted octanol–water partition coefficient (Wildman–Crippen LogP) is 6.55. The molecule has 0 aliphatic heterocycles. The van der Waals surface area contributed by atoms with Gasteiger partial charge in [0.2, 0.25) is 5.91 Å². The molecule has 1 amide bonds. The Bertz CT molecular complexity index is 1250. The number of furan rings is 1. The van der Waals surface area contributed by atoms with Gasteiger partial charge >= 0.3 is 0 Å². The normalized spacial score (nSPS) is 11.4. The van der Waals surface area contributed by atoms with Crippen molar-refractivity contribution in [1.29, 1.82) is 0 Å². The SMILES string of the molecule is CCOc1ccc(-c2coc3cc(OC)c(/C(C)=C/C(=O)Nc4ccccc4)cc23)cc1. The highest BCUT2D eigenvalue weighted by Crippen LogP contribution is 2.37. The van der Waals surface area contributed by atoms with E-state index in [9.17, 15) is 4.79 Å². The molecule has 0 saturated carbocycles. The molecule has 0 fully saturated rings. The molecule has 3 aromatic carbocycles. The van der Waals surface area contributed by atoms with Crippen molar-refractivity contribution in [1.82, 2.24) is 0 Å². The molecule has 0 saturated heterocycles. The van der Waals surface area contributed by atoms with Crippen molar-refractivity contribution in [2.45, 2.75) is 13.8 Å². The fourth-order valence-electron chi connectivity index (χ4n) is 3.63. The lowest BCUT2D eigenvalue weighted by Gasteiger charge is -2.10. The van der Waals surface area contributed by atoms with Gasteiger partial charge in [-0.15, -0.1) is 0 Å². The molecular weight excluding hydrogens is 402 g/mol. The van der Waals surface area contributed by atoms with Crippen LogP contribution in [0.4, 0.5) is 5.69 Å². The van der Waals surface area contributed by atoms with Crippen LogP contribution >= 0.6 is 0 Å². The highest BCUT2D eigenvalue weighted by atomic mass is 16.5. The number of amides is 1. The maximum Gasteiger partial charge on any atom is 0.248 e. The number of allylic oxidation sites excluding steroid dienone is 1. The van der Waals surface area contributed by atoms with Gasteiger partial charge in [-0.25, -0.2) is 0 Å². The molecule has 4 aromatic rings. The highest BCUT2D eigenvalue weighted by Gasteiger charge is 2.15. The largest absolute Gasteiger partial charge is 0.496 e. The lowest BCUT2D eigenvalue weighted by molar-refractivity contribution is -0.111. The first kappa shape index (κ1) is 21.2. The zero-order valence-corrected chi connectivity index (χ0v) is 18.3. The quantitative estimate of drug-likeness (QED) is 0.340. The van der Waals surface area contributed by atoms with Gasteiger partial charge in [0.15, 0.2) is 0 Å². The molecule has 5 heteroatoms. The zero-order chi connectivity index (χ0) is 22.5. The van der Waals surface area contributed by atoms with E-state index in [-0.39, 0.29) is 5.91 Å². The predicted molar refractivity (Wildman–Crippen MR) is 128 cm³/mol. The van der Waals surface area contributed by atoms with E-state index >= 15 is 0 Å². The van der Waals surface area contributed by atoms with E-state index in [1.54, 1.807) is 19.4 Å². The van der Waals surface area contributed by atoms with Crippen LogP contribution in [0.2, 0.25) is 0 Å². The van der Waals surface area contributed by atoms with E-state index in [0.717, 1.165) is 44.7 Å². The number of hydrogen-bond donors (Lipinski definition) is 1. The highest BCUT2D eigenvalue weighted by molar-refractivity contribution is 6.05. The smallest absolute Gasteiger partial charge is 0.248 e. The van der Waals surface area contributed by atoms with E-state index < -0.39 is 0 Å². The Labute approximate surface area is 187 Å². The first-order chi connectivity index (χ1) is 15.6. The van der Waals surface area contributed by atoms with Gasteiger partial charge in [0.1, 0.15) is 17.1 Å². The fraction of sp³-hybridized carbons (Fsp3) is 0.148. The van der Waals surface area contributed by atoms with Crippen LogP contribution in [0.5, 0.6) is 11.5 Å². The summed E-state index contributed by atoms with van der Waals surface area (Å²) in [6.45, 7) is 4.48. The van der Waals surface area contributed by atoms with Crippen LogP contribution in [-0.4, -0.2) is 19.6 Å². The van der Waals surface area contributed by atoms with Gasteiger partial charge in [0, 0.05) is 34.3 Å². The number of rotatable bonds is 7. The lowest BCUT2D eigenvalue weighted by Crippen LogP contribution is -2.08. The molecule has 4 rings (SSSR count). The Kier molecular flexibility index (Phi) is 6.26. The van der Waals surface area contributed by atoms with Crippen LogP contribution in [0, 0.1) is 0 Å². The Hall–Kier alpha value is -3.99. The second kappa shape index (κ2) is 9.43. The fourth-order valence-corrected chi connectivity index (χ4v) is 3.63. The van der Waals surface area contributed by atoms with Crippen LogP contribution in [0.3, 0.4) is 0 Å². The number of para-hydroxylation sites is 1. The minimum atomic E-state index is -0.199. The number of carbonyl (C=O) groups is 1. The molecule has 162 valence electrons. The minimum Gasteiger partial charge on any atom is -0.496 e. The summed E-state index contributed by atoms with van der Waals surface area (Å²) in [7, 11) is 1.61. The third-order valence-corrected chi connectivity index (χ3v) is 5.19. The summed E-state index contributed by atoms with van der Waals surface area (Å²) in [5, 5.41) is 3.82. The maximum atomic E-state index is 12.5. The van der Waals surface area contributed by atoms with E-state index in [1.165, 1.54) is 0 Å². The van der Waals surface area contributed by atoms with Gasteiger partial charge in [0.25, 0.3) is 0 Å². The van der Waals surface area contributed by atoms with E-state index in [4.69, 9.17) is 13.9 Å². The van der Waals surface area contributed by atoms with E-state index in [2.05, 4.69) is 5.32 Å². The number of fused-ring (bicyclic) bond motifs is 1. The molecule has 0 spiro atoms. The van der Waals surface area contributed by atoms with Gasteiger partial charge in [0.05, 0.1) is 20.0 Å². The third-order valence-electron chi connectivity index (χ3n) is 5.19. The van der Waals surface area contributed by atoms with E-state index in [1.807, 2.05) is 80.6 Å². The summed E-state index contributed by atoms with van der Waals surface area (Å²) in [6.07, 6.45) is 3.32. The van der Waals surface area contributed by atoms with Crippen molar-refractivity contribution < 1.29 is 18.7 Å². The average molecular weight is 428 g/mol. The van der Waals surface area contributed by atoms with Crippen LogP contribution < -0.4 is 14.8 Å². The molecule has 0 aliphatic carbocycles.